The number of hydrogen-bond acceptors (Lipinski definition) is 4. The molecule has 5 nitrogen and oxygen atoms in total. The van der Waals surface area contributed by atoms with Gasteiger partial charge in [0.25, 0.3) is 5.91 Å². The van der Waals surface area contributed by atoms with Gasteiger partial charge < -0.3 is 15.5 Å². The van der Waals surface area contributed by atoms with E-state index in [1.807, 2.05) is 6.07 Å². The Kier molecular flexibility index (Phi) is 6.67. The minimum atomic E-state index is -0.383. The highest BCUT2D eigenvalue weighted by Gasteiger charge is 2.23. The predicted octanol–water partition coefficient (Wildman–Crippen LogP) is 4.57. The summed E-state index contributed by atoms with van der Waals surface area (Å²) in [6.45, 7) is 0. The van der Waals surface area contributed by atoms with E-state index in [2.05, 4.69) is 10.3 Å². The molecule has 29 heavy (non-hydrogen) atoms. The topological polar surface area (TPSA) is 81.1 Å². The first kappa shape index (κ1) is 21.0. The standard InChI is InChI=1S/C22H22FN3O2.ClH/c23-19-8-4-3-7-18(19)20-13-25-22(28-20)17-6-2-1-5-16(17)21(27)26-15-11-9-14(24)10-12-15;/h1-8,13-15H,9-12,24H2,(H,26,27);1H. The van der Waals surface area contributed by atoms with Gasteiger partial charge >= 0.3 is 0 Å². The highest BCUT2D eigenvalue weighted by Crippen LogP contribution is 2.29. The summed E-state index contributed by atoms with van der Waals surface area (Å²) in [6, 6.07) is 13.8. The largest absolute Gasteiger partial charge is 0.436 e. The molecular formula is C22H23ClFN3O2. The van der Waals surface area contributed by atoms with Crippen LogP contribution < -0.4 is 11.1 Å². The van der Waals surface area contributed by atoms with Crippen molar-refractivity contribution in [2.75, 3.05) is 0 Å². The van der Waals surface area contributed by atoms with Crippen LogP contribution in [-0.2, 0) is 0 Å². The fourth-order valence-electron chi connectivity index (χ4n) is 3.58. The molecule has 1 aromatic heterocycles. The van der Waals surface area contributed by atoms with Gasteiger partial charge in [-0.1, -0.05) is 24.3 Å². The Morgan fingerprint density at radius 2 is 1.69 bits per heavy atom. The van der Waals surface area contributed by atoms with E-state index in [-0.39, 0.29) is 42.1 Å². The Balaban J connectivity index is 0.00000240. The van der Waals surface area contributed by atoms with E-state index < -0.39 is 0 Å². The number of amides is 1. The van der Waals surface area contributed by atoms with E-state index in [0.717, 1.165) is 25.7 Å². The first-order valence-electron chi connectivity index (χ1n) is 9.48. The van der Waals surface area contributed by atoms with Crippen LogP contribution in [0.25, 0.3) is 22.8 Å². The van der Waals surface area contributed by atoms with Gasteiger partial charge in [-0.3, -0.25) is 4.79 Å². The van der Waals surface area contributed by atoms with E-state index in [9.17, 15) is 9.18 Å². The summed E-state index contributed by atoms with van der Waals surface area (Å²) in [5, 5.41) is 3.09. The zero-order valence-electron chi connectivity index (χ0n) is 15.8. The lowest BCUT2D eigenvalue weighted by atomic mass is 9.91. The maximum atomic E-state index is 14.0. The van der Waals surface area contributed by atoms with Crippen molar-refractivity contribution in [1.82, 2.24) is 10.3 Å². The molecule has 2 aromatic carbocycles. The van der Waals surface area contributed by atoms with Crippen LogP contribution in [-0.4, -0.2) is 23.0 Å². The second-order valence-corrected chi connectivity index (χ2v) is 7.14. The second-order valence-electron chi connectivity index (χ2n) is 7.14. The minimum absolute atomic E-state index is 0. The van der Waals surface area contributed by atoms with Gasteiger partial charge in [0.05, 0.1) is 17.3 Å². The van der Waals surface area contributed by atoms with Gasteiger partial charge in [0.1, 0.15) is 5.82 Å². The van der Waals surface area contributed by atoms with E-state index >= 15 is 0 Å². The second kappa shape index (κ2) is 9.20. The number of carbonyl (C=O) groups is 1. The van der Waals surface area contributed by atoms with Gasteiger partial charge in [-0.2, -0.15) is 0 Å². The molecule has 1 saturated carbocycles. The number of aromatic nitrogens is 1. The zero-order valence-corrected chi connectivity index (χ0v) is 16.6. The molecule has 3 N–H and O–H groups in total. The third-order valence-electron chi connectivity index (χ3n) is 5.15. The van der Waals surface area contributed by atoms with Crippen molar-refractivity contribution < 1.29 is 13.6 Å². The summed E-state index contributed by atoms with van der Waals surface area (Å²) < 4.78 is 19.8. The van der Waals surface area contributed by atoms with Crippen LogP contribution in [0.3, 0.4) is 0 Å². The molecule has 0 atom stereocenters. The average Bonchev–Trinajstić information content (AvgIpc) is 3.20. The fraction of sp³-hybridized carbons (Fsp3) is 0.273. The van der Waals surface area contributed by atoms with E-state index in [0.29, 0.717) is 22.5 Å². The summed E-state index contributed by atoms with van der Waals surface area (Å²) in [5.41, 5.74) is 7.34. The number of nitrogens with two attached hydrogens (primary N) is 1. The average molecular weight is 416 g/mol. The van der Waals surface area contributed by atoms with Crippen LogP contribution in [0.15, 0.2) is 59.1 Å². The Labute approximate surface area is 174 Å². The van der Waals surface area contributed by atoms with Crippen LogP contribution in [0.1, 0.15) is 36.0 Å². The number of carbonyl (C=O) groups excluding carboxylic acids is 1. The highest BCUT2D eigenvalue weighted by molar-refractivity contribution is 6.00. The van der Waals surface area contributed by atoms with Gasteiger partial charge in [-0.05, 0) is 49.9 Å². The number of benzene rings is 2. The summed E-state index contributed by atoms with van der Waals surface area (Å²) in [7, 11) is 0. The molecule has 0 saturated heterocycles. The molecule has 0 radical (unpaired) electrons. The van der Waals surface area contributed by atoms with E-state index in [4.69, 9.17) is 10.2 Å². The molecular weight excluding hydrogens is 393 g/mol. The Morgan fingerprint density at radius 1 is 1.03 bits per heavy atom. The quantitative estimate of drug-likeness (QED) is 0.654. The van der Waals surface area contributed by atoms with Crippen molar-refractivity contribution in [3.63, 3.8) is 0 Å². The van der Waals surface area contributed by atoms with Crippen LogP contribution in [0.5, 0.6) is 0 Å². The van der Waals surface area contributed by atoms with Crippen molar-refractivity contribution >= 4 is 18.3 Å². The molecule has 1 aliphatic carbocycles. The smallest absolute Gasteiger partial charge is 0.252 e. The molecule has 0 unspecified atom stereocenters. The lowest BCUT2D eigenvalue weighted by Gasteiger charge is -2.27. The molecule has 7 heteroatoms. The number of nitrogens with zero attached hydrogens (tertiary/aromatic N) is 1. The van der Waals surface area contributed by atoms with Crippen LogP contribution in [0.4, 0.5) is 4.39 Å². The third-order valence-corrected chi connectivity index (χ3v) is 5.15. The van der Waals surface area contributed by atoms with Gasteiger partial charge in [0.2, 0.25) is 5.89 Å². The monoisotopic (exact) mass is 415 g/mol. The van der Waals surface area contributed by atoms with Gasteiger partial charge in [-0.25, -0.2) is 9.37 Å². The Bertz CT molecular complexity index is 983. The molecule has 0 spiro atoms. The summed E-state index contributed by atoms with van der Waals surface area (Å²) in [5.74, 6) is 0.0627. The van der Waals surface area contributed by atoms with Crippen molar-refractivity contribution in [2.24, 2.45) is 5.73 Å². The van der Waals surface area contributed by atoms with Crippen molar-refractivity contribution in [2.45, 2.75) is 37.8 Å². The lowest BCUT2D eigenvalue weighted by Crippen LogP contribution is -2.40. The molecule has 1 aliphatic rings. The molecule has 1 fully saturated rings. The molecule has 1 amide bonds. The summed E-state index contributed by atoms with van der Waals surface area (Å²) in [6.07, 6.45) is 5.07. The maximum Gasteiger partial charge on any atom is 0.252 e. The number of halogens is 2. The Hall–Kier alpha value is -2.70. The maximum absolute atomic E-state index is 14.0. The molecule has 4 rings (SSSR count). The first-order valence-corrected chi connectivity index (χ1v) is 9.48. The third kappa shape index (κ3) is 4.66. The number of hydrogen-bond donors (Lipinski definition) is 2. The lowest BCUT2D eigenvalue weighted by molar-refractivity contribution is 0.0926. The van der Waals surface area contributed by atoms with Gasteiger partial charge in [-0.15, -0.1) is 12.4 Å². The van der Waals surface area contributed by atoms with E-state index in [1.165, 1.54) is 12.3 Å². The normalized spacial score (nSPS) is 18.7. The number of oxazole rings is 1. The van der Waals surface area contributed by atoms with Crippen LogP contribution >= 0.6 is 12.4 Å². The minimum Gasteiger partial charge on any atom is -0.436 e. The SMILES string of the molecule is Cl.NC1CCC(NC(=O)c2ccccc2-c2ncc(-c3ccccc3F)o2)CC1. The van der Waals surface area contributed by atoms with Gasteiger partial charge in [0, 0.05) is 17.6 Å². The first-order chi connectivity index (χ1) is 13.6. The number of nitrogens with one attached hydrogen (secondary N) is 1. The highest BCUT2D eigenvalue weighted by atomic mass is 35.5. The van der Waals surface area contributed by atoms with E-state index in [1.54, 1.807) is 36.4 Å². The fourth-order valence-corrected chi connectivity index (χ4v) is 3.58. The van der Waals surface area contributed by atoms with Crippen LogP contribution in [0, 0.1) is 5.82 Å². The van der Waals surface area contributed by atoms with Gasteiger partial charge in [0.15, 0.2) is 5.76 Å². The predicted molar refractivity (Wildman–Crippen MR) is 112 cm³/mol. The van der Waals surface area contributed by atoms with Crippen molar-refractivity contribution in [1.29, 1.82) is 0 Å². The zero-order chi connectivity index (χ0) is 19.5. The molecule has 152 valence electrons. The van der Waals surface area contributed by atoms with Crippen molar-refractivity contribution in [3.05, 3.63) is 66.1 Å². The van der Waals surface area contributed by atoms with Crippen LogP contribution in [0.2, 0.25) is 0 Å². The number of rotatable bonds is 4. The molecule has 1 heterocycles. The molecule has 3 aromatic rings. The molecule has 0 bridgehead atoms. The molecule has 0 aliphatic heterocycles. The Morgan fingerprint density at radius 3 is 2.41 bits per heavy atom. The summed E-state index contributed by atoms with van der Waals surface area (Å²) >= 11 is 0. The summed E-state index contributed by atoms with van der Waals surface area (Å²) in [4.78, 5) is 17.1. The van der Waals surface area contributed by atoms with Crippen molar-refractivity contribution in [3.8, 4) is 22.8 Å².